The van der Waals surface area contributed by atoms with E-state index in [1.165, 1.54) is 24.3 Å². The summed E-state index contributed by atoms with van der Waals surface area (Å²) in [6.07, 6.45) is 5.13. The zero-order valence-corrected chi connectivity index (χ0v) is 13.8. The van der Waals surface area contributed by atoms with Crippen molar-refractivity contribution in [2.75, 3.05) is 0 Å². The van der Waals surface area contributed by atoms with Crippen LogP contribution in [0.5, 0.6) is 0 Å². The zero-order valence-electron chi connectivity index (χ0n) is 13.8. The molecular formula is C21H17F3O2. The summed E-state index contributed by atoms with van der Waals surface area (Å²) in [5.41, 5.74) is 0.875. The molecule has 0 unspecified atom stereocenters. The predicted octanol–water partition coefficient (Wildman–Crippen LogP) is 5.57. The van der Waals surface area contributed by atoms with Gasteiger partial charge in [0.05, 0.1) is 5.56 Å². The molecule has 0 bridgehead atoms. The quantitative estimate of drug-likeness (QED) is 0.383. The lowest BCUT2D eigenvalue weighted by Gasteiger charge is -2.05. The minimum Gasteiger partial charge on any atom is -0.458 e. The highest BCUT2D eigenvalue weighted by molar-refractivity contribution is 5.82. The van der Waals surface area contributed by atoms with Gasteiger partial charge >= 0.3 is 12.1 Å². The van der Waals surface area contributed by atoms with E-state index in [-0.39, 0.29) is 6.61 Å². The summed E-state index contributed by atoms with van der Waals surface area (Å²) in [5.74, 6) is -0.453. The maximum atomic E-state index is 12.5. The molecule has 2 aromatic carbocycles. The predicted molar refractivity (Wildman–Crippen MR) is 95.0 cm³/mol. The molecule has 0 aliphatic rings. The molecule has 0 amide bonds. The third-order valence-electron chi connectivity index (χ3n) is 3.32. The van der Waals surface area contributed by atoms with Crippen molar-refractivity contribution in [2.45, 2.75) is 12.8 Å². The number of halogens is 3. The minimum atomic E-state index is -4.33. The van der Waals surface area contributed by atoms with Crippen LogP contribution >= 0.6 is 0 Å². The first-order valence-corrected chi connectivity index (χ1v) is 7.84. The highest BCUT2D eigenvalue weighted by atomic mass is 19.4. The summed E-state index contributed by atoms with van der Waals surface area (Å²) >= 11 is 0. The van der Waals surface area contributed by atoms with Gasteiger partial charge in [0.2, 0.25) is 0 Å². The Balaban J connectivity index is 1.76. The van der Waals surface area contributed by atoms with Crippen molar-refractivity contribution in [1.82, 2.24) is 0 Å². The van der Waals surface area contributed by atoms with Crippen molar-refractivity contribution in [1.29, 1.82) is 0 Å². The van der Waals surface area contributed by atoms with Crippen molar-refractivity contribution in [3.8, 4) is 0 Å². The average molecular weight is 358 g/mol. The second-order valence-corrected chi connectivity index (χ2v) is 5.32. The Morgan fingerprint density at radius 1 is 0.885 bits per heavy atom. The van der Waals surface area contributed by atoms with Crippen LogP contribution in [0, 0.1) is 0 Å². The molecule has 0 aromatic heterocycles. The van der Waals surface area contributed by atoms with E-state index in [4.69, 9.17) is 4.74 Å². The molecular weight excluding hydrogens is 341 g/mol. The molecule has 0 radical (unpaired) electrons. The van der Waals surface area contributed by atoms with Gasteiger partial charge in [-0.05, 0) is 23.3 Å². The molecule has 0 aliphatic heterocycles. The molecule has 2 nitrogen and oxygen atoms in total. The van der Waals surface area contributed by atoms with Crippen LogP contribution in [0.1, 0.15) is 16.7 Å². The van der Waals surface area contributed by atoms with Gasteiger partial charge in [-0.3, -0.25) is 0 Å². The number of allylic oxidation sites excluding steroid dienone is 4. The normalized spacial score (nSPS) is 12.3. The second-order valence-electron chi connectivity index (χ2n) is 5.32. The van der Waals surface area contributed by atoms with Gasteiger partial charge < -0.3 is 4.74 Å². The lowest BCUT2D eigenvalue weighted by atomic mass is 10.1. The van der Waals surface area contributed by atoms with Gasteiger partial charge in [0.15, 0.2) is 0 Å². The van der Waals surface area contributed by atoms with E-state index >= 15 is 0 Å². The van der Waals surface area contributed by atoms with E-state index in [0.29, 0.717) is 5.56 Å². The lowest BCUT2D eigenvalue weighted by Crippen LogP contribution is -2.03. The fourth-order valence-electron chi connectivity index (χ4n) is 1.99. The Labute approximate surface area is 149 Å². The van der Waals surface area contributed by atoms with E-state index < -0.39 is 17.7 Å². The van der Waals surface area contributed by atoms with Crippen LogP contribution in [0.25, 0.3) is 6.08 Å². The van der Waals surface area contributed by atoms with Crippen molar-refractivity contribution in [2.24, 2.45) is 0 Å². The summed E-state index contributed by atoms with van der Waals surface area (Å²) in [7, 11) is 0. The SMILES string of the molecule is O=C(/C=C/C=C/C=C/c1ccc(C(F)(F)F)cc1)OCc1ccccc1. The van der Waals surface area contributed by atoms with Gasteiger partial charge in [-0.15, -0.1) is 0 Å². The van der Waals surface area contributed by atoms with Gasteiger partial charge in [0.1, 0.15) is 6.61 Å². The van der Waals surface area contributed by atoms with E-state index in [1.54, 1.807) is 24.3 Å². The van der Waals surface area contributed by atoms with Gasteiger partial charge in [-0.25, -0.2) is 4.79 Å². The second kappa shape index (κ2) is 9.42. The molecule has 0 spiro atoms. The highest BCUT2D eigenvalue weighted by Crippen LogP contribution is 2.29. The maximum absolute atomic E-state index is 12.5. The Hall–Kier alpha value is -3.08. The van der Waals surface area contributed by atoms with Crippen LogP contribution < -0.4 is 0 Å². The van der Waals surface area contributed by atoms with Gasteiger partial charge in [0, 0.05) is 6.08 Å². The number of hydrogen-bond acceptors (Lipinski definition) is 2. The van der Waals surface area contributed by atoms with Gasteiger partial charge in [-0.1, -0.05) is 72.8 Å². The molecule has 26 heavy (non-hydrogen) atoms. The number of ether oxygens (including phenoxy) is 1. The topological polar surface area (TPSA) is 26.3 Å². The highest BCUT2D eigenvalue weighted by Gasteiger charge is 2.29. The molecule has 0 N–H and O–H groups in total. The minimum absolute atomic E-state index is 0.210. The number of rotatable bonds is 6. The third kappa shape index (κ3) is 6.81. The lowest BCUT2D eigenvalue weighted by molar-refractivity contribution is -0.139. The maximum Gasteiger partial charge on any atom is 0.416 e. The van der Waals surface area contributed by atoms with Crippen LogP contribution in [-0.2, 0) is 22.3 Å². The zero-order chi connectivity index (χ0) is 18.8. The van der Waals surface area contributed by atoms with E-state index in [0.717, 1.165) is 17.7 Å². The van der Waals surface area contributed by atoms with Gasteiger partial charge in [-0.2, -0.15) is 13.2 Å². The molecule has 2 aromatic rings. The molecule has 0 saturated heterocycles. The Morgan fingerprint density at radius 3 is 2.19 bits per heavy atom. The summed E-state index contributed by atoms with van der Waals surface area (Å²) < 4.78 is 42.4. The van der Waals surface area contributed by atoms with Crippen LogP contribution in [0.2, 0.25) is 0 Å². The fourth-order valence-corrected chi connectivity index (χ4v) is 1.99. The van der Waals surface area contributed by atoms with Crippen LogP contribution in [-0.4, -0.2) is 5.97 Å². The summed E-state index contributed by atoms with van der Waals surface area (Å²) in [6.45, 7) is 0.210. The van der Waals surface area contributed by atoms with Crippen LogP contribution in [0.4, 0.5) is 13.2 Å². The van der Waals surface area contributed by atoms with Crippen molar-refractivity contribution >= 4 is 12.0 Å². The summed E-state index contributed by atoms with van der Waals surface area (Å²) in [6, 6.07) is 14.2. The number of alkyl halides is 3. The van der Waals surface area contributed by atoms with E-state index in [9.17, 15) is 18.0 Å². The standard InChI is InChI=1S/C21H17F3O2/c22-21(23,24)19-14-12-17(13-15-19)8-4-1-2-7-11-20(25)26-16-18-9-5-3-6-10-18/h1-15H,16H2/b2-1+,8-4+,11-7+. The fraction of sp³-hybridized carbons (Fsp3) is 0.0952. The first kappa shape index (κ1) is 19.2. The Kier molecular flexibility index (Phi) is 6.97. The number of hydrogen-bond donors (Lipinski definition) is 0. The number of carbonyl (C=O) groups is 1. The van der Waals surface area contributed by atoms with Gasteiger partial charge in [0.25, 0.3) is 0 Å². The molecule has 0 heterocycles. The largest absolute Gasteiger partial charge is 0.458 e. The van der Waals surface area contributed by atoms with E-state index in [2.05, 4.69) is 0 Å². The first-order valence-electron chi connectivity index (χ1n) is 7.84. The monoisotopic (exact) mass is 358 g/mol. The van der Waals surface area contributed by atoms with Crippen molar-refractivity contribution < 1.29 is 22.7 Å². The Morgan fingerprint density at radius 2 is 1.54 bits per heavy atom. The smallest absolute Gasteiger partial charge is 0.416 e. The third-order valence-corrected chi connectivity index (χ3v) is 3.32. The summed E-state index contributed by atoms with van der Waals surface area (Å²) in [4.78, 5) is 11.5. The average Bonchev–Trinajstić information content (AvgIpc) is 2.63. The van der Waals surface area contributed by atoms with Crippen molar-refractivity contribution in [3.05, 3.63) is 102 Å². The van der Waals surface area contributed by atoms with E-state index in [1.807, 2.05) is 30.3 Å². The number of benzene rings is 2. The molecule has 0 fully saturated rings. The Bertz CT molecular complexity index is 786. The molecule has 0 aliphatic carbocycles. The number of carbonyl (C=O) groups excluding carboxylic acids is 1. The van der Waals surface area contributed by atoms with Crippen LogP contribution in [0.15, 0.2) is 85.0 Å². The molecule has 2 rings (SSSR count). The van der Waals surface area contributed by atoms with Crippen LogP contribution in [0.3, 0.4) is 0 Å². The molecule has 0 saturated carbocycles. The first-order chi connectivity index (χ1) is 12.4. The van der Waals surface area contributed by atoms with Crippen molar-refractivity contribution in [3.63, 3.8) is 0 Å². The molecule has 5 heteroatoms. The summed E-state index contributed by atoms with van der Waals surface area (Å²) in [5, 5.41) is 0. The number of esters is 1. The molecule has 0 atom stereocenters. The molecule has 134 valence electrons.